The average molecular weight is 337 g/mol. The fourth-order valence-corrected chi connectivity index (χ4v) is 2.92. The minimum Gasteiger partial charge on any atom is -0.245 e. The monoisotopic (exact) mass is 335 g/mol. The molecule has 1 nitrogen and oxygen atoms in total. The molecule has 1 aromatic heterocycles. The van der Waals surface area contributed by atoms with Crippen molar-refractivity contribution >= 4 is 38.4 Å². The van der Waals surface area contributed by atoms with Gasteiger partial charge in [-0.15, -0.1) is 0 Å². The van der Waals surface area contributed by atoms with Gasteiger partial charge in [0.25, 0.3) is 0 Å². The maximum absolute atomic E-state index is 13.9. The van der Waals surface area contributed by atoms with Crippen LogP contribution >= 0.6 is 27.5 Å². The van der Waals surface area contributed by atoms with Crippen LogP contribution in [0.3, 0.4) is 0 Å². The van der Waals surface area contributed by atoms with Crippen LogP contribution in [0.5, 0.6) is 0 Å². The molecule has 0 aliphatic heterocycles. The molecule has 0 aliphatic carbocycles. The summed E-state index contributed by atoms with van der Waals surface area (Å²) >= 11 is 9.62. The lowest BCUT2D eigenvalue weighted by Crippen LogP contribution is -1.90. The Hall–Kier alpha value is -1.45. The van der Waals surface area contributed by atoms with E-state index in [9.17, 15) is 4.39 Å². The fraction of sp³-hybridized carbons (Fsp3) is 0. The number of hydrogen-bond donors (Lipinski definition) is 0. The van der Waals surface area contributed by atoms with Gasteiger partial charge in [-0.2, -0.15) is 0 Å². The molecule has 94 valence electrons. The van der Waals surface area contributed by atoms with Crippen molar-refractivity contribution in [2.75, 3.05) is 0 Å². The summed E-state index contributed by atoms with van der Waals surface area (Å²) in [6.07, 6.45) is 0. The van der Waals surface area contributed by atoms with E-state index in [0.717, 1.165) is 10.0 Å². The van der Waals surface area contributed by atoms with Crippen LogP contribution in [0, 0.1) is 5.82 Å². The third kappa shape index (κ3) is 2.24. The molecule has 1 heterocycles. The Morgan fingerprint density at radius 3 is 2.53 bits per heavy atom. The molecular weight excluding hydrogens is 329 g/mol. The molecule has 19 heavy (non-hydrogen) atoms. The molecule has 2 aromatic carbocycles. The highest BCUT2D eigenvalue weighted by atomic mass is 79.9. The highest BCUT2D eigenvalue weighted by molar-refractivity contribution is 9.10. The Bertz CT molecular complexity index is 759. The van der Waals surface area contributed by atoms with Gasteiger partial charge >= 0.3 is 0 Å². The van der Waals surface area contributed by atoms with Crippen molar-refractivity contribution in [3.05, 3.63) is 63.8 Å². The van der Waals surface area contributed by atoms with Crippen LogP contribution < -0.4 is 0 Å². The number of benzene rings is 2. The SMILES string of the molecule is Fc1ccc(Br)c2c(Cl)cc(-c3ccccc3)nc12. The molecule has 0 N–H and O–H groups in total. The van der Waals surface area contributed by atoms with Gasteiger partial charge in [0.1, 0.15) is 11.3 Å². The summed E-state index contributed by atoms with van der Waals surface area (Å²) in [6.45, 7) is 0. The van der Waals surface area contributed by atoms with Gasteiger partial charge in [-0.3, -0.25) is 0 Å². The van der Waals surface area contributed by atoms with Crippen molar-refractivity contribution in [1.82, 2.24) is 4.98 Å². The van der Waals surface area contributed by atoms with Crippen molar-refractivity contribution in [2.45, 2.75) is 0 Å². The highest BCUT2D eigenvalue weighted by Crippen LogP contribution is 2.34. The Kier molecular flexibility index (Phi) is 3.25. The van der Waals surface area contributed by atoms with Crippen molar-refractivity contribution in [2.24, 2.45) is 0 Å². The molecule has 0 spiro atoms. The number of hydrogen-bond acceptors (Lipinski definition) is 1. The number of pyridine rings is 1. The van der Waals surface area contributed by atoms with E-state index in [1.54, 1.807) is 12.1 Å². The van der Waals surface area contributed by atoms with Crippen LogP contribution in [-0.2, 0) is 0 Å². The van der Waals surface area contributed by atoms with Gasteiger partial charge in [0.2, 0.25) is 0 Å². The summed E-state index contributed by atoms with van der Waals surface area (Å²) in [6, 6.07) is 14.3. The van der Waals surface area contributed by atoms with Crippen LogP contribution in [0.25, 0.3) is 22.2 Å². The molecule has 0 amide bonds. The molecule has 0 bridgehead atoms. The number of nitrogens with zero attached hydrogens (tertiary/aromatic N) is 1. The van der Waals surface area contributed by atoms with Crippen molar-refractivity contribution in [1.29, 1.82) is 0 Å². The zero-order chi connectivity index (χ0) is 13.4. The number of aromatic nitrogens is 1. The summed E-state index contributed by atoms with van der Waals surface area (Å²) in [5.41, 5.74) is 1.85. The van der Waals surface area contributed by atoms with E-state index in [0.29, 0.717) is 16.1 Å². The van der Waals surface area contributed by atoms with Gasteiger partial charge < -0.3 is 0 Å². The summed E-state index contributed by atoms with van der Waals surface area (Å²) in [5, 5.41) is 1.08. The third-order valence-corrected chi connectivity index (χ3v) is 3.84. The Labute approximate surface area is 123 Å². The summed E-state index contributed by atoms with van der Waals surface area (Å²) in [5.74, 6) is -0.377. The molecule has 0 radical (unpaired) electrons. The summed E-state index contributed by atoms with van der Waals surface area (Å²) < 4.78 is 14.6. The van der Waals surface area contributed by atoms with Crippen LogP contribution in [0.2, 0.25) is 5.02 Å². The van der Waals surface area contributed by atoms with Gasteiger partial charge in [-0.25, -0.2) is 9.37 Å². The van der Waals surface area contributed by atoms with E-state index >= 15 is 0 Å². The topological polar surface area (TPSA) is 12.9 Å². The molecule has 0 saturated carbocycles. The minimum absolute atomic E-state index is 0.278. The van der Waals surface area contributed by atoms with Crippen LogP contribution in [0.4, 0.5) is 4.39 Å². The second kappa shape index (κ2) is 4.91. The van der Waals surface area contributed by atoms with E-state index in [-0.39, 0.29) is 11.3 Å². The second-order valence-electron chi connectivity index (χ2n) is 4.11. The molecule has 0 aliphatic rings. The van der Waals surface area contributed by atoms with E-state index in [1.165, 1.54) is 6.07 Å². The minimum atomic E-state index is -0.377. The zero-order valence-corrected chi connectivity index (χ0v) is 12.0. The summed E-state index contributed by atoms with van der Waals surface area (Å²) in [7, 11) is 0. The molecule has 0 fully saturated rings. The standard InChI is InChI=1S/C15H8BrClFN/c16-10-6-7-12(18)15-14(10)11(17)8-13(19-15)9-4-2-1-3-5-9/h1-8H. The molecule has 4 heteroatoms. The fourth-order valence-electron chi connectivity index (χ4n) is 1.98. The van der Waals surface area contributed by atoms with Crippen molar-refractivity contribution in [3.63, 3.8) is 0 Å². The first-order chi connectivity index (χ1) is 9.16. The molecule has 3 rings (SSSR count). The van der Waals surface area contributed by atoms with Gasteiger partial charge in [-0.05, 0) is 18.2 Å². The lowest BCUT2D eigenvalue weighted by molar-refractivity contribution is 0.637. The predicted octanol–water partition coefficient (Wildman–Crippen LogP) is 5.46. The maximum Gasteiger partial charge on any atom is 0.149 e. The molecule has 3 aromatic rings. The average Bonchev–Trinajstić information content (AvgIpc) is 2.43. The zero-order valence-electron chi connectivity index (χ0n) is 9.70. The number of fused-ring (bicyclic) bond motifs is 1. The van der Waals surface area contributed by atoms with Crippen molar-refractivity contribution in [3.8, 4) is 11.3 Å². The quantitative estimate of drug-likeness (QED) is 0.575. The number of halogens is 3. The Morgan fingerprint density at radius 1 is 1.05 bits per heavy atom. The van der Waals surface area contributed by atoms with E-state index in [1.807, 2.05) is 30.3 Å². The molecule has 0 saturated heterocycles. The maximum atomic E-state index is 13.9. The Balaban J connectivity index is 2.34. The van der Waals surface area contributed by atoms with Crippen LogP contribution in [-0.4, -0.2) is 4.98 Å². The lowest BCUT2D eigenvalue weighted by Gasteiger charge is -2.07. The predicted molar refractivity (Wildman–Crippen MR) is 79.8 cm³/mol. The van der Waals surface area contributed by atoms with Gasteiger partial charge in [0.15, 0.2) is 0 Å². The molecule has 0 unspecified atom stereocenters. The normalized spacial score (nSPS) is 10.9. The highest BCUT2D eigenvalue weighted by Gasteiger charge is 2.12. The second-order valence-corrected chi connectivity index (χ2v) is 5.37. The van der Waals surface area contributed by atoms with Crippen molar-refractivity contribution < 1.29 is 4.39 Å². The van der Waals surface area contributed by atoms with Gasteiger partial charge in [0.05, 0.1) is 10.7 Å². The van der Waals surface area contributed by atoms with E-state index in [2.05, 4.69) is 20.9 Å². The lowest BCUT2D eigenvalue weighted by atomic mass is 10.1. The van der Waals surface area contributed by atoms with Crippen LogP contribution in [0.1, 0.15) is 0 Å². The first-order valence-corrected chi connectivity index (χ1v) is 6.83. The molecule has 0 atom stereocenters. The third-order valence-electron chi connectivity index (χ3n) is 2.88. The largest absolute Gasteiger partial charge is 0.245 e. The first kappa shape index (κ1) is 12.6. The van der Waals surface area contributed by atoms with Gasteiger partial charge in [0, 0.05) is 15.4 Å². The first-order valence-electron chi connectivity index (χ1n) is 5.66. The molecular formula is C15H8BrClFN. The van der Waals surface area contributed by atoms with E-state index < -0.39 is 0 Å². The Morgan fingerprint density at radius 2 is 1.79 bits per heavy atom. The summed E-state index contributed by atoms with van der Waals surface area (Å²) in [4.78, 5) is 4.38. The smallest absolute Gasteiger partial charge is 0.149 e. The number of rotatable bonds is 1. The van der Waals surface area contributed by atoms with Crippen LogP contribution in [0.15, 0.2) is 53.0 Å². The van der Waals surface area contributed by atoms with E-state index in [4.69, 9.17) is 11.6 Å². The van der Waals surface area contributed by atoms with Gasteiger partial charge in [-0.1, -0.05) is 57.9 Å².